The monoisotopic (exact) mass is 417 g/mol. The summed E-state index contributed by atoms with van der Waals surface area (Å²) in [4.78, 5) is 30.7. The third kappa shape index (κ3) is 3.65. The van der Waals surface area contributed by atoms with Crippen LogP contribution in [0.3, 0.4) is 0 Å². The van der Waals surface area contributed by atoms with Gasteiger partial charge in [-0.25, -0.2) is 4.79 Å². The number of pyridine rings is 1. The molecule has 0 bridgehead atoms. The Balaban J connectivity index is 1.93. The van der Waals surface area contributed by atoms with Gasteiger partial charge in [0.1, 0.15) is 11.5 Å². The summed E-state index contributed by atoms with van der Waals surface area (Å²) in [6.45, 7) is 1.73. The van der Waals surface area contributed by atoms with E-state index < -0.39 is 5.97 Å². The molecule has 158 valence electrons. The van der Waals surface area contributed by atoms with E-state index in [-0.39, 0.29) is 29.4 Å². The number of benzene rings is 2. The molecule has 1 N–H and O–H groups in total. The lowest BCUT2D eigenvalue weighted by Gasteiger charge is -2.28. The summed E-state index contributed by atoms with van der Waals surface area (Å²) in [5, 5.41) is 10.0. The first kappa shape index (κ1) is 20.6. The van der Waals surface area contributed by atoms with Crippen molar-refractivity contribution in [2.75, 3.05) is 14.2 Å². The number of para-hydroxylation sites is 1. The first-order chi connectivity index (χ1) is 14.9. The minimum Gasteiger partial charge on any atom is -0.508 e. The Bertz CT molecular complexity index is 1180. The second kappa shape index (κ2) is 8.22. The number of aromatic hydroxyl groups is 1. The van der Waals surface area contributed by atoms with E-state index in [1.165, 1.54) is 7.11 Å². The van der Waals surface area contributed by atoms with Crippen LogP contribution in [0, 0.1) is 6.92 Å². The summed E-state index contributed by atoms with van der Waals surface area (Å²) in [6, 6.07) is 14.2. The van der Waals surface area contributed by atoms with Crippen LogP contribution in [0.2, 0.25) is 0 Å². The molecule has 0 saturated carbocycles. The molecular formula is C25H23NO5. The third-order valence-corrected chi connectivity index (χ3v) is 5.71. The summed E-state index contributed by atoms with van der Waals surface area (Å²) in [6.07, 6.45) is 0.806. The summed E-state index contributed by atoms with van der Waals surface area (Å²) in [7, 11) is 2.91. The Morgan fingerprint density at radius 1 is 1.06 bits per heavy atom. The van der Waals surface area contributed by atoms with Gasteiger partial charge in [0.15, 0.2) is 5.78 Å². The molecule has 0 saturated heterocycles. The number of Topliss-reactive ketones (excluding diaryl/α,β-unsaturated/α-hetero) is 1. The average Bonchev–Trinajstić information content (AvgIpc) is 2.77. The average molecular weight is 417 g/mol. The molecule has 0 fully saturated rings. The van der Waals surface area contributed by atoms with E-state index in [4.69, 9.17) is 9.47 Å². The molecule has 1 heterocycles. The van der Waals surface area contributed by atoms with E-state index in [0.717, 1.165) is 11.3 Å². The second-order valence-corrected chi connectivity index (χ2v) is 7.58. The van der Waals surface area contributed by atoms with Crippen molar-refractivity contribution in [1.82, 2.24) is 4.98 Å². The first-order valence-corrected chi connectivity index (χ1v) is 10.0. The van der Waals surface area contributed by atoms with Gasteiger partial charge in [0.05, 0.1) is 31.2 Å². The van der Waals surface area contributed by atoms with E-state index in [1.807, 2.05) is 24.3 Å². The summed E-state index contributed by atoms with van der Waals surface area (Å²) in [5.74, 6) is 0.0366. The minimum absolute atomic E-state index is 0.0479. The molecule has 1 aromatic heterocycles. The highest BCUT2D eigenvalue weighted by Gasteiger charge is 2.34. The molecular weight excluding hydrogens is 394 g/mol. The summed E-state index contributed by atoms with van der Waals surface area (Å²) in [5.41, 5.74) is 3.78. The van der Waals surface area contributed by atoms with E-state index in [0.29, 0.717) is 34.5 Å². The van der Waals surface area contributed by atoms with Crippen molar-refractivity contribution in [2.24, 2.45) is 0 Å². The van der Waals surface area contributed by atoms with Crippen LogP contribution in [0.1, 0.15) is 50.0 Å². The molecule has 1 atom stereocenters. The molecule has 0 spiro atoms. The van der Waals surface area contributed by atoms with Crippen LogP contribution < -0.4 is 4.74 Å². The van der Waals surface area contributed by atoms with Crippen LogP contribution in [-0.4, -0.2) is 36.1 Å². The number of aryl methyl sites for hydroxylation is 1. The zero-order valence-corrected chi connectivity index (χ0v) is 17.6. The van der Waals surface area contributed by atoms with Gasteiger partial charge in [-0.3, -0.25) is 9.78 Å². The highest BCUT2D eigenvalue weighted by Crippen LogP contribution is 2.41. The number of aromatic nitrogens is 1. The number of hydrogen-bond donors (Lipinski definition) is 1. The molecule has 31 heavy (non-hydrogen) atoms. The number of rotatable bonds is 4. The quantitative estimate of drug-likeness (QED) is 0.631. The molecule has 0 amide bonds. The number of phenols is 1. The normalized spacial score (nSPS) is 15.3. The van der Waals surface area contributed by atoms with E-state index in [1.54, 1.807) is 38.3 Å². The van der Waals surface area contributed by atoms with Crippen LogP contribution in [0.5, 0.6) is 11.5 Å². The smallest absolute Gasteiger partial charge is 0.340 e. The van der Waals surface area contributed by atoms with Crippen molar-refractivity contribution in [1.29, 1.82) is 0 Å². The minimum atomic E-state index is -0.564. The van der Waals surface area contributed by atoms with E-state index >= 15 is 0 Å². The molecule has 0 radical (unpaired) electrons. The van der Waals surface area contributed by atoms with Crippen molar-refractivity contribution >= 4 is 11.8 Å². The van der Waals surface area contributed by atoms with Gasteiger partial charge >= 0.3 is 5.97 Å². The van der Waals surface area contributed by atoms with Gasteiger partial charge in [-0.15, -0.1) is 0 Å². The number of ether oxygens (including phenoxy) is 2. The third-order valence-electron chi connectivity index (χ3n) is 5.71. The van der Waals surface area contributed by atoms with Gasteiger partial charge in [0.2, 0.25) is 0 Å². The number of ketones is 1. The molecule has 4 rings (SSSR count). The number of carbonyl (C=O) groups excluding carboxylic acids is 2. The molecule has 0 unspecified atom stereocenters. The van der Waals surface area contributed by atoms with Gasteiger partial charge in [-0.2, -0.15) is 0 Å². The van der Waals surface area contributed by atoms with Crippen LogP contribution in [0.25, 0.3) is 11.1 Å². The maximum Gasteiger partial charge on any atom is 0.340 e. The van der Waals surface area contributed by atoms with Crippen molar-refractivity contribution in [3.63, 3.8) is 0 Å². The fourth-order valence-corrected chi connectivity index (χ4v) is 4.37. The van der Waals surface area contributed by atoms with Gasteiger partial charge in [0.25, 0.3) is 0 Å². The SMILES string of the molecule is COC(=O)c1c(C)nc2c(c1-c1cccc(O)c1)C(=O)C[C@H](c1ccccc1OC)C2. The molecule has 1 aliphatic rings. The molecule has 1 aliphatic carbocycles. The van der Waals surface area contributed by atoms with Gasteiger partial charge < -0.3 is 14.6 Å². The number of esters is 1. The Hall–Kier alpha value is -3.67. The number of phenolic OH excluding ortho intramolecular Hbond substituents is 1. The van der Waals surface area contributed by atoms with Gasteiger partial charge in [-0.05, 0) is 42.7 Å². The highest BCUT2D eigenvalue weighted by molar-refractivity contribution is 6.10. The predicted molar refractivity (Wildman–Crippen MR) is 116 cm³/mol. The molecule has 2 aromatic carbocycles. The fraction of sp³-hybridized carbons (Fsp3) is 0.240. The van der Waals surface area contributed by atoms with E-state index in [2.05, 4.69) is 4.98 Å². The Morgan fingerprint density at radius 2 is 1.84 bits per heavy atom. The highest BCUT2D eigenvalue weighted by atomic mass is 16.5. The Morgan fingerprint density at radius 3 is 2.55 bits per heavy atom. The molecule has 3 aromatic rings. The van der Waals surface area contributed by atoms with E-state index in [9.17, 15) is 14.7 Å². The zero-order valence-electron chi connectivity index (χ0n) is 17.6. The Labute approximate surface area is 180 Å². The number of fused-ring (bicyclic) bond motifs is 1. The zero-order chi connectivity index (χ0) is 22.1. The lowest BCUT2D eigenvalue weighted by molar-refractivity contribution is 0.0600. The number of nitrogens with zero attached hydrogens (tertiary/aromatic N) is 1. The second-order valence-electron chi connectivity index (χ2n) is 7.58. The van der Waals surface area contributed by atoms with Crippen molar-refractivity contribution in [3.8, 4) is 22.6 Å². The Kier molecular flexibility index (Phi) is 5.46. The maximum absolute atomic E-state index is 13.4. The molecule has 6 nitrogen and oxygen atoms in total. The molecule has 6 heteroatoms. The largest absolute Gasteiger partial charge is 0.508 e. The van der Waals surface area contributed by atoms with Crippen LogP contribution in [0.4, 0.5) is 0 Å². The van der Waals surface area contributed by atoms with Gasteiger partial charge in [0, 0.05) is 23.5 Å². The van der Waals surface area contributed by atoms with Crippen LogP contribution >= 0.6 is 0 Å². The predicted octanol–water partition coefficient (Wildman–Crippen LogP) is 4.47. The summed E-state index contributed by atoms with van der Waals surface area (Å²) >= 11 is 0. The lowest BCUT2D eigenvalue weighted by atomic mass is 9.77. The number of carbonyl (C=O) groups is 2. The van der Waals surface area contributed by atoms with Crippen molar-refractivity contribution in [2.45, 2.75) is 25.7 Å². The van der Waals surface area contributed by atoms with Crippen molar-refractivity contribution < 1.29 is 24.2 Å². The fourth-order valence-electron chi connectivity index (χ4n) is 4.37. The lowest BCUT2D eigenvalue weighted by Crippen LogP contribution is -2.24. The van der Waals surface area contributed by atoms with Crippen LogP contribution in [-0.2, 0) is 11.2 Å². The topological polar surface area (TPSA) is 85.7 Å². The van der Waals surface area contributed by atoms with Crippen LogP contribution in [0.15, 0.2) is 48.5 Å². The first-order valence-electron chi connectivity index (χ1n) is 10.0. The van der Waals surface area contributed by atoms with Gasteiger partial charge in [-0.1, -0.05) is 30.3 Å². The number of methoxy groups -OCH3 is 2. The van der Waals surface area contributed by atoms with Crippen molar-refractivity contribution in [3.05, 3.63) is 76.6 Å². The molecule has 0 aliphatic heterocycles. The maximum atomic E-state index is 13.4. The standard InChI is InChI=1S/C25H23NO5/c1-14-22(25(29)31-3)23(15-7-6-8-17(27)11-15)24-19(26-14)12-16(13-20(24)28)18-9-4-5-10-21(18)30-2/h4-11,16,27H,12-13H2,1-3H3/t16-/m1/s1. The summed E-state index contributed by atoms with van der Waals surface area (Å²) < 4.78 is 10.5. The number of hydrogen-bond acceptors (Lipinski definition) is 6.